The molecular formula is C18H17ClF3NO3S. The van der Waals surface area contributed by atoms with E-state index in [-0.39, 0.29) is 23.7 Å². The molecule has 1 heterocycles. The average molecular weight is 420 g/mol. The summed E-state index contributed by atoms with van der Waals surface area (Å²) in [6.45, 7) is 0.321. The second-order valence-electron chi connectivity index (χ2n) is 6.17. The number of para-hydroxylation sites is 1. The first-order valence-corrected chi connectivity index (χ1v) is 10.1. The number of alkyl halides is 3. The van der Waals surface area contributed by atoms with Crippen LogP contribution in [0.25, 0.3) is 0 Å². The van der Waals surface area contributed by atoms with E-state index in [0.29, 0.717) is 17.9 Å². The molecule has 0 spiro atoms. The van der Waals surface area contributed by atoms with Crippen LogP contribution >= 0.6 is 11.6 Å². The number of piperidine rings is 1. The van der Waals surface area contributed by atoms with Crippen LogP contribution in [0.2, 0.25) is 5.02 Å². The lowest BCUT2D eigenvalue weighted by atomic mass is 10.1. The molecule has 1 aliphatic heterocycles. The molecular weight excluding hydrogens is 403 g/mol. The van der Waals surface area contributed by atoms with Gasteiger partial charge < -0.3 is 4.74 Å². The van der Waals surface area contributed by atoms with Gasteiger partial charge in [0.2, 0.25) is 10.0 Å². The van der Waals surface area contributed by atoms with Gasteiger partial charge in [-0.2, -0.15) is 17.5 Å². The highest BCUT2D eigenvalue weighted by molar-refractivity contribution is 7.89. The largest absolute Gasteiger partial charge is 0.490 e. The van der Waals surface area contributed by atoms with Crippen LogP contribution in [-0.4, -0.2) is 31.9 Å². The SMILES string of the molecule is O=S(=O)(c1cccc(Cl)c1)N1CCC(Oc2ccccc2C(F)(F)F)CC1. The van der Waals surface area contributed by atoms with Gasteiger partial charge >= 0.3 is 6.18 Å². The Hall–Kier alpha value is -1.77. The Labute approximate surface area is 160 Å². The van der Waals surface area contributed by atoms with E-state index in [1.54, 1.807) is 12.1 Å². The lowest BCUT2D eigenvalue weighted by Crippen LogP contribution is -2.41. The molecule has 3 rings (SSSR count). The van der Waals surface area contributed by atoms with Crippen LogP contribution in [0.15, 0.2) is 53.4 Å². The zero-order chi connectivity index (χ0) is 19.7. The summed E-state index contributed by atoms with van der Waals surface area (Å²) in [5.74, 6) is -0.235. The van der Waals surface area contributed by atoms with E-state index in [1.165, 1.54) is 34.6 Å². The van der Waals surface area contributed by atoms with Crippen LogP contribution in [0.1, 0.15) is 18.4 Å². The summed E-state index contributed by atoms with van der Waals surface area (Å²) in [4.78, 5) is 0.0942. The van der Waals surface area contributed by atoms with Crippen molar-refractivity contribution in [2.24, 2.45) is 0 Å². The summed E-state index contributed by atoms with van der Waals surface area (Å²) >= 11 is 5.86. The third-order valence-corrected chi connectivity index (χ3v) is 6.45. The quantitative estimate of drug-likeness (QED) is 0.728. The van der Waals surface area contributed by atoms with Gasteiger partial charge in [0.25, 0.3) is 0 Å². The van der Waals surface area contributed by atoms with Crippen LogP contribution in [-0.2, 0) is 16.2 Å². The fourth-order valence-electron chi connectivity index (χ4n) is 2.95. The molecule has 1 saturated heterocycles. The highest BCUT2D eigenvalue weighted by atomic mass is 35.5. The summed E-state index contributed by atoms with van der Waals surface area (Å²) < 4.78 is 71.4. The first-order valence-electron chi connectivity index (χ1n) is 8.26. The predicted molar refractivity (Wildman–Crippen MR) is 95.3 cm³/mol. The lowest BCUT2D eigenvalue weighted by Gasteiger charge is -2.32. The van der Waals surface area contributed by atoms with Gasteiger partial charge in [0.1, 0.15) is 11.9 Å². The van der Waals surface area contributed by atoms with Crippen molar-refractivity contribution in [2.75, 3.05) is 13.1 Å². The number of nitrogens with zero attached hydrogens (tertiary/aromatic N) is 1. The first kappa shape index (κ1) is 20.0. The average Bonchev–Trinajstić information content (AvgIpc) is 2.62. The third-order valence-electron chi connectivity index (χ3n) is 4.32. The Morgan fingerprint density at radius 3 is 2.33 bits per heavy atom. The van der Waals surface area contributed by atoms with Gasteiger partial charge in [-0.05, 0) is 43.2 Å². The van der Waals surface area contributed by atoms with Gasteiger partial charge in [0.05, 0.1) is 10.5 Å². The summed E-state index contributed by atoms with van der Waals surface area (Å²) in [5.41, 5.74) is -0.834. The maximum atomic E-state index is 13.1. The van der Waals surface area contributed by atoms with Crippen molar-refractivity contribution in [3.8, 4) is 5.75 Å². The van der Waals surface area contributed by atoms with Gasteiger partial charge in [-0.1, -0.05) is 29.8 Å². The van der Waals surface area contributed by atoms with Gasteiger partial charge in [-0.3, -0.25) is 0 Å². The van der Waals surface area contributed by atoms with E-state index in [0.717, 1.165) is 6.07 Å². The Morgan fingerprint density at radius 2 is 1.70 bits per heavy atom. The molecule has 0 bridgehead atoms. The maximum absolute atomic E-state index is 13.1. The van der Waals surface area contributed by atoms with Gasteiger partial charge in [0, 0.05) is 18.1 Å². The minimum absolute atomic E-state index is 0.0942. The van der Waals surface area contributed by atoms with Crippen LogP contribution in [0.3, 0.4) is 0 Å². The van der Waals surface area contributed by atoms with E-state index >= 15 is 0 Å². The highest BCUT2D eigenvalue weighted by Gasteiger charge is 2.36. The maximum Gasteiger partial charge on any atom is 0.419 e. The van der Waals surface area contributed by atoms with E-state index in [4.69, 9.17) is 16.3 Å². The number of rotatable bonds is 4. The number of hydrogen-bond donors (Lipinski definition) is 0. The highest BCUT2D eigenvalue weighted by Crippen LogP contribution is 2.37. The van der Waals surface area contributed by atoms with Crippen molar-refractivity contribution >= 4 is 21.6 Å². The van der Waals surface area contributed by atoms with Crippen LogP contribution in [0.4, 0.5) is 13.2 Å². The Balaban J connectivity index is 1.68. The molecule has 146 valence electrons. The van der Waals surface area contributed by atoms with Crippen LogP contribution in [0, 0.1) is 0 Å². The van der Waals surface area contributed by atoms with Gasteiger partial charge in [0.15, 0.2) is 0 Å². The molecule has 0 atom stereocenters. The lowest BCUT2D eigenvalue weighted by molar-refractivity contribution is -0.139. The van der Waals surface area contributed by atoms with Crippen molar-refractivity contribution in [2.45, 2.75) is 30.0 Å². The number of benzene rings is 2. The second kappa shape index (κ2) is 7.69. The Bertz CT molecular complexity index is 910. The smallest absolute Gasteiger partial charge is 0.419 e. The Morgan fingerprint density at radius 1 is 1.04 bits per heavy atom. The fraction of sp³-hybridized carbons (Fsp3) is 0.333. The molecule has 0 aromatic heterocycles. The third kappa shape index (κ3) is 4.56. The van der Waals surface area contributed by atoms with E-state index in [1.807, 2.05) is 0 Å². The van der Waals surface area contributed by atoms with Crippen molar-refractivity contribution < 1.29 is 26.3 Å². The van der Waals surface area contributed by atoms with E-state index in [9.17, 15) is 21.6 Å². The topological polar surface area (TPSA) is 46.6 Å². The number of ether oxygens (including phenoxy) is 1. The standard InChI is InChI=1S/C18H17ClF3NO3S/c19-13-4-3-5-15(12-13)27(24,25)23-10-8-14(9-11-23)26-17-7-2-1-6-16(17)18(20,21)22/h1-7,12,14H,8-11H2. The zero-order valence-corrected chi connectivity index (χ0v) is 15.7. The molecule has 0 amide bonds. The van der Waals surface area contributed by atoms with Crippen molar-refractivity contribution in [3.63, 3.8) is 0 Å². The van der Waals surface area contributed by atoms with Crippen LogP contribution < -0.4 is 4.74 Å². The number of sulfonamides is 1. The monoisotopic (exact) mass is 419 g/mol. The predicted octanol–water partition coefficient (Wildman–Crippen LogP) is 4.59. The molecule has 9 heteroatoms. The number of halogens is 4. The summed E-state index contributed by atoms with van der Waals surface area (Å²) in [5, 5.41) is 0.318. The summed E-state index contributed by atoms with van der Waals surface area (Å²) in [6, 6.07) is 11.0. The first-order chi connectivity index (χ1) is 12.7. The fourth-order valence-corrected chi connectivity index (χ4v) is 4.72. The molecule has 0 aliphatic carbocycles. The Kier molecular flexibility index (Phi) is 5.69. The van der Waals surface area contributed by atoms with Gasteiger partial charge in [-0.15, -0.1) is 0 Å². The van der Waals surface area contributed by atoms with Crippen LogP contribution in [0.5, 0.6) is 5.75 Å². The zero-order valence-electron chi connectivity index (χ0n) is 14.1. The van der Waals surface area contributed by atoms with E-state index < -0.39 is 27.9 Å². The summed E-state index contributed by atoms with van der Waals surface area (Å²) in [6.07, 6.45) is -4.40. The molecule has 0 saturated carbocycles. The van der Waals surface area contributed by atoms with E-state index in [2.05, 4.69) is 0 Å². The molecule has 4 nitrogen and oxygen atoms in total. The minimum Gasteiger partial charge on any atom is -0.490 e. The second-order valence-corrected chi connectivity index (χ2v) is 8.55. The molecule has 2 aromatic carbocycles. The molecule has 0 radical (unpaired) electrons. The molecule has 1 aliphatic rings. The van der Waals surface area contributed by atoms with Crippen molar-refractivity contribution in [1.82, 2.24) is 4.31 Å². The summed E-state index contributed by atoms with van der Waals surface area (Å²) in [7, 11) is -3.70. The van der Waals surface area contributed by atoms with Crippen molar-refractivity contribution in [1.29, 1.82) is 0 Å². The molecule has 1 fully saturated rings. The molecule has 2 aromatic rings. The molecule has 0 N–H and O–H groups in total. The molecule has 0 unspecified atom stereocenters. The normalized spacial score (nSPS) is 17.0. The minimum atomic E-state index is -4.51. The molecule has 27 heavy (non-hydrogen) atoms. The van der Waals surface area contributed by atoms with Gasteiger partial charge in [-0.25, -0.2) is 8.42 Å². The number of hydrogen-bond acceptors (Lipinski definition) is 3. The van der Waals surface area contributed by atoms with Crippen molar-refractivity contribution in [3.05, 3.63) is 59.1 Å².